The summed E-state index contributed by atoms with van der Waals surface area (Å²) < 4.78 is 10.0. The van der Waals surface area contributed by atoms with Gasteiger partial charge in [0.05, 0.1) is 23.1 Å². The van der Waals surface area contributed by atoms with Gasteiger partial charge >= 0.3 is 5.97 Å². The zero-order valence-corrected chi connectivity index (χ0v) is 10.1. The van der Waals surface area contributed by atoms with Gasteiger partial charge in [0.15, 0.2) is 0 Å². The van der Waals surface area contributed by atoms with E-state index in [2.05, 4.69) is 4.98 Å². The van der Waals surface area contributed by atoms with Crippen molar-refractivity contribution >= 4 is 17.7 Å². The monoisotopic (exact) mass is 249 g/mol. The van der Waals surface area contributed by atoms with Crippen LogP contribution in [0.15, 0.2) is 46.4 Å². The third kappa shape index (κ3) is 3.10. The van der Waals surface area contributed by atoms with Crippen LogP contribution >= 0.6 is 11.8 Å². The number of hydrogen-bond donors (Lipinski definition) is 0. The number of carbonyl (C=O) groups excluding carboxylic acids is 1. The summed E-state index contributed by atoms with van der Waals surface area (Å²) in [6, 6.07) is 5.10. The minimum absolute atomic E-state index is 0.215. The van der Waals surface area contributed by atoms with Crippen molar-refractivity contribution in [3.05, 3.63) is 48.0 Å². The van der Waals surface area contributed by atoms with Gasteiger partial charge in [0.25, 0.3) is 0 Å². The summed E-state index contributed by atoms with van der Waals surface area (Å²) in [6.45, 7) is 0.215. The van der Waals surface area contributed by atoms with Crippen LogP contribution in [0.3, 0.4) is 0 Å². The normalized spacial score (nSPS) is 10.2. The molecule has 0 aromatic carbocycles. The number of furan rings is 1. The van der Waals surface area contributed by atoms with Crippen molar-refractivity contribution in [3.8, 4) is 0 Å². The van der Waals surface area contributed by atoms with Crippen molar-refractivity contribution in [3.63, 3.8) is 0 Å². The Hall–Kier alpha value is -1.75. The molecule has 0 aliphatic carbocycles. The molecule has 0 spiro atoms. The first-order valence-electron chi connectivity index (χ1n) is 4.98. The molecule has 2 aromatic heterocycles. The van der Waals surface area contributed by atoms with Gasteiger partial charge in [-0.05, 0) is 24.5 Å². The van der Waals surface area contributed by atoms with E-state index in [4.69, 9.17) is 9.15 Å². The lowest BCUT2D eigenvalue weighted by atomic mass is 10.3. The molecule has 0 saturated heterocycles. The first kappa shape index (κ1) is 11.7. The number of aromatic nitrogens is 1. The molecular weight excluding hydrogens is 238 g/mol. The third-order valence-corrected chi connectivity index (χ3v) is 2.77. The van der Waals surface area contributed by atoms with Crippen LogP contribution in [0.5, 0.6) is 0 Å². The highest BCUT2D eigenvalue weighted by molar-refractivity contribution is 7.98. The van der Waals surface area contributed by atoms with Crippen molar-refractivity contribution in [2.24, 2.45) is 0 Å². The minimum Gasteiger partial charge on any atom is -0.472 e. The summed E-state index contributed by atoms with van der Waals surface area (Å²) >= 11 is 1.48. The number of esters is 1. The molecule has 0 bridgehead atoms. The van der Waals surface area contributed by atoms with Gasteiger partial charge in [-0.2, -0.15) is 0 Å². The molecule has 5 heteroatoms. The van der Waals surface area contributed by atoms with Crippen molar-refractivity contribution in [1.29, 1.82) is 0 Å². The molecule has 2 heterocycles. The zero-order valence-electron chi connectivity index (χ0n) is 9.25. The van der Waals surface area contributed by atoms with Crippen LogP contribution in [-0.2, 0) is 11.3 Å². The quantitative estimate of drug-likeness (QED) is 0.616. The molecule has 0 aliphatic rings. The van der Waals surface area contributed by atoms with Crippen LogP contribution in [0.4, 0.5) is 0 Å². The van der Waals surface area contributed by atoms with Crippen molar-refractivity contribution in [1.82, 2.24) is 4.98 Å². The molecular formula is C12H11NO3S. The Morgan fingerprint density at radius 2 is 2.41 bits per heavy atom. The predicted octanol–water partition coefficient (Wildman–Crippen LogP) is 2.75. The molecule has 0 unspecified atom stereocenters. The highest BCUT2D eigenvalue weighted by atomic mass is 32.2. The summed E-state index contributed by atoms with van der Waals surface area (Å²) in [7, 11) is 0. The molecule has 0 fully saturated rings. The number of pyridine rings is 1. The second-order valence-electron chi connectivity index (χ2n) is 3.29. The Balaban J connectivity index is 1.99. The van der Waals surface area contributed by atoms with Crippen LogP contribution in [0.25, 0.3) is 0 Å². The van der Waals surface area contributed by atoms with Gasteiger partial charge < -0.3 is 9.15 Å². The Morgan fingerprint density at radius 1 is 1.53 bits per heavy atom. The van der Waals surface area contributed by atoms with Gasteiger partial charge in [0.1, 0.15) is 6.61 Å². The van der Waals surface area contributed by atoms with Gasteiger partial charge in [0, 0.05) is 11.8 Å². The molecule has 0 amide bonds. The number of thioether (sulfide) groups is 1. The molecule has 17 heavy (non-hydrogen) atoms. The van der Waals surface area contributed by atoms with E-state index in [0.717, 1.165) is 10.6 Å². The number of ether oxygens (including phenoxy) is 1. The molecule has 2 rings (SSSR count). The molecule has 0 saturated carbocycles. The molecule has 0 radical (unpaired) electrons. The van der Waals surface area contributed by atoms with Crippen molar-refractivity contribution in [2.75, 3.05) is 6.26 Å². The van der Waals surface area contributed by atoms with Crippen molar-refractivity contribution in [2.45, 2.75) is 11.6 Å². The largest absolute Gasteiger partial charge is 0.472 e. The second kappa shape index (κ2) is 5.54. The van der Waals surface area contributed by atoms with Crippen LogP contribution in [-0.4, -0.2) is 17.2 Å². The van der Waals surface area contributed by atoms with E-state index in [1.54, 1.807) is 36.9 Å². The maximum Gasteiger partial charge on any atom is 0.338 e. The smallest absolute Gasteiger partial charge is 0.338 e. The minimum atomic E-state index is -0.357. The van der Waals surface area contributed by atoms with Gasteiger partial charge in [-0.25, -0.2) is 9.78 Å². The lowest BCUT2D eigenvalue weighted by Crippen LogP contribution is -2.05. The fourth-order valence-electron chi connectivity index (χ4n) is 1.26. The summed E-state index contributed by atoms with van der Waals surface area (Å²) in [6.07, 6.45) is 6.60. The van der Waals surface area contributed by atoms with Crippen LogP contribution in [0.2, 0.25) is 0 Å². The van der Waals surface area contributed by atoms with Crippen molar-refractivity contribution < 1.29 is 13.9 Å². The second-order valence-corrected chi connectivity index (χ2v) is 4.12. The lowest BCUT2D eigenvalue weighted by molar-refractivity contribution is 0.0471. The Labute approximate surface area is 103 Å². The Morgan fingerprint density at radius 3 is 3.12 bits per heavy atom. The predicted molar refractivity (Wildman–Crippen MR) is 63.8 cm³/mol. The van der Waals surface area contributed by atoms with E-state index in [0.29, 0.717) is 5.56 Å². The van der Waals surface area contributed by atoms with E-state index in [1.807, 2.05) is 6.26 Å². The maximum atomic E-state index is 11.7. The first-order chi connectivity index (χ1) is 8.29. The van der Waals surface area contributed by atoms with Crippen LogP contribution in [0.1, 0.15) is 15.9 Å². The number of nitrogens with zero attached hydrogens (tertiary/aromatic N) is 1. The topological polar surface area (TPSA) is 52.3 Å². The molecule has 0 aliphatic heterocycles. The molecule has 4 nitrogen and oxygen atoms in total. The third-order valence-electron chi connectivity index (χ3n) is 2.13. The Kier molecular flexibility index (Phi) is 3.82. The van der Waals surface area contributed by atoms with Gasteiger partial charge in [-0.3, -0.25) is 0 Å². The van der Waals surface area contributed by atoms with Gasteiger partial charge in [-0.1, -0.05) is 0 Å². The average Bonchev–Trinajstić information content (AvgIpc) is 2.89. The van der Waals surface area contributed by atoms with E-state index in [-0.39, 0.29) is 12.6 Å². The fraction of sp³-hybridized carbons (Fsp3) is 0.167. The molecule has 0 atom stereocenters. The van der Waals surface area contributed by atoms with E-state index in [9.17, 15) is 4.79 Å². The summed E-state index contributed by atoms with van der Waals surface area (Å²) in [5.41, 5.74) is 1.34. The van der Waals surface area contributed by atoms with E-state index in [1.165, 1.54) is 11.8 Å². The average molecular weight is 249 g/mol. The SMILES string of the molecule is CSc1cc(C(=O)OCc2ccoc2)ccn1. The lowest BCUT2D eigenvalue weighted by Gasteiger charge is -2.03. The summed E-state index contributed by atoms with van der Waals surface area (Å²) in [5.74, 6) is -0.357. The number of hydrogen-bond acceptors (Lipinski definition) is 5. The van der Waals surface area contributed by atoms with E-state index >= 15 is 0 Å². The van der Waals surface area contributed by atoms with Gasteiger partial charge in [-0.15, -0.1) is 11.8 Å². The molecule has 88 valence electrons. The summed E-state index contributed by atoms with van der Waals surface area (Å²) in [5, 5.41) is 0.794. The molecule has 0 N–H and O–H groups in total. The van der Waals surface area contributed by atoms with E-state index < -0.39 is 0 Å². The molecule has 2 aromatic rings. The van der Waals surface area contributed by atoms with Crippen LogP contribution in [0, 0.1) is 0 Å². The number of rotatable bonds is 4. The first-order valence-corrected chi connectivity index (χ1v) is 6.20. The van der Waals surface area contributed by atoms with Gasteiger partial charge in [0.2, 0.25) is 0 Å². The highest BCUT2D eigenvalue weighted by Gasteiger charge is 2.08. The summed E-state index contributed by atoms with van der Waals surface area (Å²) in [4.78, 5) is 15.8. The Bertz CT molecular complexity index is 496. The highest BCUT2D eigenvalue weighted by Crippen LogP contribution is 2.14. The number of carbonyl (C=O) groups is 1. The van der Waals surface area contributed by atoms with Crippen LogP contribution < -0.4 is 0 Å². The fourth-order valence-corrected chi connectivity index (χ4v) is 1.67. The maximum absolute atomic E-state index is 11.7. The zero-order chi connectivity index (χ0) is 12.1. The standard InChI is InChI=1S/C12H11NO3S/c1-17-11-6-10(2-4-13-11)12(14)16-8-9-3-5-15-7-9/h2-7H,8H2,1H3.